The molecule has 1 aromatic rings. The van der Waals surface area contributed by atoms with Gasteiger partial charge in [0.1, 0.15) is 0 Å². The van der Waals surface area contributed by atoms with Gasteiger partial charge in [-0.05, 0) is 24.5 Å². The van der Waals surface area contributed by atoms with Gasteiger partial charge in [0.15, 0.2) is 5.78 Å². The summed E-state index contributed by atoms with van der Waals surface area (Å²) in [5.74, 6) is 0.0440. The smallest absolute Gasteiger partial charge is 0.185 e. The molecule has 0 radical (unpaired) electrons. The van der Waals surface area contributed by atoms with Gasteiger partial charge < -0.3 is 0 Å². The van der Waals surface area contributed by atoms with E-state index in [9.17, 15) is 4.79 Å². The van der Waals surface area contributed by atoms with Crippen LogP contribution >= 0.6 is 0 Å². The predicted molar refractivity (Wildman–Crippen MR) is 75.5 cm³/mol. The zero-order valence-electron chi connectivity index (χ0n) is 10.3. The monoisotopic (exact) mass is 236 g/mol. The normalized spacial score (nSPS) is 21.7. The van der Waals surface area contributed by atoms with Crippen molar-refractivity contribution in [2.75, 3.05) is 0 Å². The minimum Gasteiger partial charge on any atom is -0.289 e. The average molecular weight is 236 g/mol. The second-order valence-electron chi connectivity index (χ2n) is 4.11. The van der Waals surface area contributed by atoms with Crippen LogP contribution in [0.25, 0.3) is 0 Å². The Morgan fingerprint density at radius 1 is 1.00 bits per heavy atom. The zero-order valence-corrected chi connectivity index (χ0v) is 10.3. The standard InChI is InChI=1S/C17H16O/c18-17(16-11-7-4-8-12-16)14-13-15-9-5-2-1-3-6-10-15/h1-2,4,6-14H,3,5H2/b2-1-,10-6-,14-13+,15-9+. The van der Waals surface area contributed by atoms with Gasteiger partial charge in [0.25, 0.3) is 0 Å². The number of hydrogen-bond acceptors (Lipinski definition) is 1. The van der Waals surface area contributed by atoms with Gasteiger partial charge in [-0.3, -0.25) is 4.79 Å². The lowest BCUT2D eigenvalue weighted by Gasteiger charge is -1.98. The van der Waals surface area contributed by atoms with Crippen LogP contribution in [0.5, 0.6) is 0 Å². The number of ketones is 1. The predicted octanol–water partition coefficient (Wildman–Crippen LogP) is 4.26. The van der Waals surface area contributed by atoms with Crippen LogP contribution < -0.4 is 0 Å². The average Bonchev–Trinajstić information content (AvgIpc) is 2.38. The maximum Gasteiger partial charge on any atom is 0.185 e. The first-order valence-corrected chi connectivity index (χ1v) is 6.15. The maximum absolute atomic E-state index is 11.9. The van der Waals surface area contributed by atoms with Crippen LogP contribution in [0.4, 0.5) is 0 Å². The Morgan fingerprint density at radius 2 is 1.78 bits per heavy atom. The molecule has 0 amide bonds. The van der Waals surface area contributed by atoms with Gasteiger partial charge in [0, 0.05) is 5.56 Å². The summed E-state index contributed by atoms with van der Waals surface area (Å²) in [6.45, 7) is 0. The highest BCUT2D eigenvalue weighted by atomic mass is 16.1. The van der Waals surface area contributed by atoms with Crippen LogP contribution in [0.2, 0.25) is 0 Å². The van der Waals surface area contributed by atoms with Crippen molar-refractivity contribution in [1.29, 1.82) is 0 Å². The third-order valence-electron chi connectivity index (χ3n) is 2.72. The van der Waals surface area contributed by atoms with Gasteiger partial charge in [-0.1, -0.05) is 66.8 Å². The molecule has 1 aromatic carbocycles. The topological polar surface area (TPSA) is 17.1 Å². The number of carbonyl (C=O) groups excluding carboxylic acids is 1. The van der Waals surface area contributed by atoms with Crippen molar-refractivity contribution in [1.82, 2.24) is 0 Å². The van der Waals surface area contributed by atoms with Crippen molar-refractivity contribution in [3.63, 3.8) is 0 Å². The molecule has 0 unspecified atom stereocenters. The molecule has 0 saturated carbocycles. The first-order valence-electron chi connectivity index (χ1n) is 6.15. The SMILES string of the molecule is O=C(/C=C/C1=C/C/C=C\C/C=C\1)c1ccccc1. The first kappa shape index (κ1) is 12.3. The van der Waals surface area contributed by atoms with Gasteiger partial charge in [-0.2, -0.15) is 0 Å². The van der Waals surface area contributed by atoms with Crippen molar-refractivity contribution < 1.29 is 4.79 Å². The summed E-state index contributed by atoms with van der Waals surface area (Å²) in [7, 11) is 0. The number of allylic oxidation sites excluding steroid dienone is 8. The molecule has 0 atom stereocenters. The highest BCUT2D eigenvalue weighted by Gasteiger charge is 1.99. The van der Waals surface area contributed by atoms with Crippen LogP contribution in [-0.2, 0) is 0 Å². The molecular weight excluding hydrogens is 220 g/mol. The van der Waals surface area contributed by atoms with Crippen LogP contribution in [0.15, 0.2) is 78.4 Å². The summed E-state index contributed by atoms with van der Waals surface area (Å²) >= 11 is 0. The molecule has 0 heterocycles. The quantitative estimate of drug-likeness (QED) is 0.435. The molecule has 18 heavy (non-hydrogen) atoms. The van der Waals surface area contributed by atoms with E-state index in [1.807, 2.05) is 36.4 Å². The molecule has 1 nitrogen and oxygen atoms in total. The van der Waals surface area contributed by atoms with E-state index in [0.717, 1.165) is 24.0 Å². The molecule has 1 aliphatic carbocycles. The van der Waals surface area contributed by atoms with Crippen LogP contribution in [0, 0.1) is 0 Å². The van der Waals surface area contributed by atoms with E-state index in [-0.39, 0.29) is 5.78 Å². The Bertz CT molecular complexity index is 516. The van der Waals surface area contributed by atoms with Crippen molar-refractivity contribution in [2.24, 2.45) is 0 Å². The molecule has 1 aliphatic rings. The third-order valence-corrected chi connectivity index (χ3v) is 2.72. The van der Waals surface area contributed by atoms with E-state index in [4.69, 9.17) is 0 Å². The van der Waals surface area contributed by atoms with Crippen molar-refractivity contribution in [2.45, 2.75) is 12.8 Å². The summed E-state index contributed by atoms with van der Waals surface area (Å²) in [6, 6.07) is 9.32. The van der Waals surface area contributed by atoms with Crippen LogP contribution in [-0.4, -0.2) is 5.78 Å². The summed E-state index contributed by atoms with van der Waals surface area (Å²) in [6.07, 6.45) is 15.9. The minimum atomic E-state index is 0.0440. The highest BCUT2D eigenvalue weighted by molar-refractivity contribution is 6.04. The summed E-state index contributed by atoms with van der Waals surface area (Å²) in [5.41, 5.74) is 1.81. The Morgan fingerprint density at radius 3 is 2.61 bits per heavy atom. The fraction of sp³-hybridized carbons (Fsp3) is 0.118. The Kier molecular flexibility index (Phi) is 4.48. The lowest BCUT2D eigenvalue weighted by atomic mass is 10.1. The van der Waals surface area contributed by atoms with E-state index >= 15 is 0 Å². The summed E-state index contributed by atoms with van der Waals surface area (Å²) in [5, 5.41) is 0. The fourth-order valence-electron chi connectivity index (χ4n) is 1.74. The van der Waals surface area contributed by atoms with Gasteiger partial charge in [-0.25, -0.2) is 0 Å². The van der Waals surface area contributed by atoms with Crippen molar-refractivity contribution in [3.8, 4) is 0 Å². The summed E-state index contributed by atoms with van der Waals surface area (Å²) < 4.78 is 0. The largest absolute Gasteiger partial charge is 0.289 e. The molecule has 0 fully saturated rings. The molecule has 1 heteroatoms. The van der Waals surface area contributed by atoms with Gasteiger partial charge >= 0.3 is 0 Å². The molecule has 0 aromatic heterocycles. The number of benzene rings is 1. The maximum atomic E-state index is 11.9. The lowest BCUT2D eigenvalue weighted by Crippen LogP contribution is -1.93. The second-order valence-corrected chi connectivity index (χ2v) is 4.11. The van der Waals surface area contributed by atoms with Crippen LogP contribution in [0.1, 0.15) is 23.2 Å². The van der Waals surface area contributed by atoms with Gasteiger partial charge in [0.2, 0.25) is 0 Å². The minimum absolute atomic E-state index is 0.0440. The molecule has 0 aliphatic heterocycles. The number of rotatable bonds is 3. The highest BCUT2D eigenvalue weighted by Crippen LogP contribution is 2.08. The molecule has 2 rings (SSSR count). The zero-order chi connectivity index (χ0) is 12.6. The Labute approximate surface area is 108 Å². The van der Waals surface area contributed by atoms with Crippen molar-refractivity contribution >= 4 is 5.78 Å². The third kappa shape index (κ3) is 3.70. The van der Waals surface area contributed by atoms with Crippen molar-refractivity contribution in [3.05, 3.63) is 84.0 Å². The van der Waals surface area contributed by atoms with Gasteiger partial charge in [0.05, 0.1) is 0 Å². The lowest BCUT2D eigenvalue weighted by molar-refractivity contribution is 0.104. The van der Waals surface area contributed by atoms with E-state index in [0.29, 0.717) is 0 Å². The van der Waals surface area contributed by atoms with E-state index in [1.165, 1.54) is 0 Å². The van der Waals surface area contributed by atoms with Crippen LogP contribution in [0.3, 0.4) is 0 Å². The number of hydrogen-bond donors (Lipinski definition) is 0. The fourth-order valence-corrected chi connectivity index (χ4v) is 1.74. The van der Waals surface area contributed by atoms with E-state index in [2.05, 4.69) is 30.4 Å². The second kappa shape index (κ2) is 6.55. The Hall–Kier alpha value is -2.15. The first-order chi connectivity index (χ1) is 8.86. The number of carbonyl (C=O) groups is 1. The van der Waals surface area contributed by atoms with Gasteiger partial charge in [-0.15, -0.1) is 0 Å². The summed E-state index contributed by atoms with van der Waals surface area (Å²) in [4.78, 5) is 11.9. The molecule has 0 spiro atoms. The van der Waals surface area contributed by atoms with E-state index < -0.39 is 0 Å². The van der Waals surface area contributed by atoms with E-state index in [1.54, 1.807) is 6.08 Å². The molecule has 0 N–H and O–H groups in total. The Balaban J connectivity index is 2.07. The molecular formula is C17H16O. The molecule has 90 valence electrons. The molecule has 0 bridgehead atoms. The molecule has 0 saturated heterocycles.